The number of aromatic nitrogens is 1. The maximum absolute atomic E-state index is 13.5. The Morgan fingerprint density at radius 3 is 2.62 bits per heavy atom. The number of rotatable bonds is 7. The molecule has 2 atom stereocenters. The normalized spacial score (nSPS) is 20.1. The minimum Gasteiger partial charge on any atom is -0.490 e. The second kappa shape index (κ2) is 10.7. The van der Waals surface area contributed by atoms with Crippen LogP contribution in [0.1, 0.15) is 47.2 Å². The molecule has 39 heavy (non-hydrogen) atoms. The zero-order valence-corrected chi connectivity index (χ0v) is 22.5. The quantitative estimate of drug-likeness (QED) is 0.144. The topological polar surface area (TPSA) is 109 Å². The molecule has 0 spiro atoms. The monoisotopic (exact) mass is 556 g/mol. The third-order valence-corrected chi connectivity index (χ3v) is 9.55. The summed E-state index contributed by atoms with van der Waals surface area (Å²) in [5.74, 6) is 1.47. The SMILES string of the molecule is N#Cc1cccc(OC2CC3CCC(C2)N3C(=O)c2ccc(CSc3nc4ccc([N+](=O)[O-])cc4s3)cc2)c1. The number of nitro benzene ring substituents is 1. The minimum absolute atomic E-state index is 0.0357. The Morgan fingerprint density at radius 2 is 1.90 bits per heavy atom. The van der Waals surface area contributed by atoms with Crippen molar-refractivity contribution >= 4 is 44.9 Å². The molecule has 2 bridgehead atoms. The molecule has 0 radical (unpaired) electrons. The first-order valence-electron chi connectivity index (χ1n) is 12.7. The van der Waals surface area contributed by atoms with Gasteiger partial charge in [-0.25, -0.2) is 4.98 Å². The molecule has 6 rings (SSSR count). The lowest BCUT2D eigenvalue weighted by Gasteiger charge is -2.39. The number of nitriles is 1. The smallest absolute Gasteiger partial charge is 0.270 e. The van der Waals surface area contributed by atoms with Gasteiger partial charge in [0.05, 0.1) is 26.8 Å². The van der Waals surface area contributed by atoms with Crippen molar-refractivity contribution in [2.24, 2.45) is 0 Å². The molecule has 10 heteroatoms. The summed E-state index contributed by atoms with van der Waals surface area (Å²) in [4.78, 5) is 30.7. The first-order chi connectivity index (χ1) is 19.0. The Balaban J connectivity index is 1.07. The third-order valence-electron chi connectivity index (χ3n) is 7.32. The molecule has 0 aliphatic carbocycles. The fourth-order valence-electron chi connectivity index (χ4n) is 5.49. The lowest BCUT2D eigenvalue weighted by atomic mass is 9.98. The Hall–Kier alpha value is -3.94. The molecule has 8 nitrogen and oxygen atoms in total. The molecular weight excluding hydrogens is 532 g/mol. The predicted molar refractivity (Wildman–Crippen MR) is 150 cm³/mol. The Kier molecular flexibility index (Phi) is 6.94. The van der Waals surface area contributed by atoms with E-state index in [4.69, 9.17) is 10.00 Å². The van der Waals surface area contributed by atoms with E-state index in [-0.39, 0.29) is 29.8 Å². The second-order valence-corrected chi connectivity index (χ2v) is 12.1. The van der Waals surface area contributed by atoms with Gasteiger partial charge in [0.15, 0.2) is 4.34 Å². The Labute approximate surface area is 233 Å². The van der Waals surface area contributed by atoms with E-state index >= 15 is 0 Å². The molecule has 0 saturated carbocycles. The molecular formula is C29H24N4O4S2. The minimum atomic E-state index is -0.396. The summed E-state index contributed by atoms with van der Waals surface area (Å²) in [6.07, 6.45) is 3.58. The van der Waals surface area contributed by atoms with Crippen LogP contribution in [-0.4, -0.2) is 38.9 Å². The maximum atomic E-state index is 13.5. The molecule has 2 aliphatic rings. The number of nitrogens with zero attached hydrogens (tertiary/aromatic N) is 4. The molecule has 1 aromatic heterocycles. The fourth-order valence-corrected chi connectivity index (χ4v) is 7.55. The van der Waals surface area contributed by atoms with Crippen LogP contribution in [0.15, 0.2) is 71.1 Å². The van der Waals surface area contributed by atoms with E-state index in [0.717, 1.165) is 45.8 Å². The molecule has 196 valence electrons. The summed E-state index contributed by atoms with van der Waals surface area (Å²) in [6, 6.07) is 22.2. The highest BCUT2D eigenvalue weighted by Crippen LogP contribution is 2.39. The van der Waals surface area contributed by atoms with Crippen LogP contribution in [0.2, 0.25) is 0 Å². The number of ether oxygens (including phenoxy) is 1. The number of benzene rings is 3. The van der Waals surface area contributed by atoms with Crippen LogP contribution in [0, 0.1) is 21.4 Å². The first kappa shape index (κ1) is 25.3. The predicted octanol–water partition coefficient (Wildman–Crippen LogP) is 6.58. The Morgan fingerprint density at radius 1 is 1.13 bits per heavy atom. The van der Waals surface area contributed by atoms with Gasteiger partial charge in [0.25, 0.3) is 11.6 Å². The Bertz CT molecular complexity index is 1580. The highest BCUT2D eigenvalue weighted by Gasteiger charge is 2.44. The number of amides is 1. The highest BCUT2D eigenvalue weighted by molar-refractivity contribution is 8.00. The summed E-state index contributed by atoms with van der Waals surface area (Å²) < 4.78 is 7.85. The third kappa shape index (κ3) is 5.33. The van der Waals surface area contributed by atoms with Crippen molar-refractivity contribution in [2.45, 2.75) is 54.0 Å². The molecule has 3 aromatic carbocycles. The van der Waals surface area contributed by atoms with Crippen molar-refractivity contribution < 1.29 is 14.5 Å². The zero-order valence-electron chi connectivity index (χ0n) is 20.9. The summed E-state index contributed by atoms with van der Waals surface area (Å²) in [5.41, 5.74) is 3.17. The molecule has 2 aliphatic heterocycles. The summed E-state index contributed by atoms with van der Waals surface area (Å²) in [6.45, 7) is 0. The zero-order chi connectivity index (χ0) is 26.9. The summed E-state index contributed by atoms with van der Waals surface area (Å²) in [5, 5.41) is 20.2. The molecule has 2 unspecified atom stereocenters. The molecule has 2 saturated heterocycles. The first-order valence-corrected chi connectivity index (χ1v) is 14.5. The van der Waals surface area contributed by atoms with Gasteiger partial charge in [-0.1, -0.05) is 30.0 Å². The average Bonchev–Trinajstić information content (AvgIpc) is 3.48. The largest absolute Gasteiger partial charge is 0.490 e. The van der Waals surface area contributed by atoms with Crippen LogP contribution >= 0.6 is 23.1 Å². The van der Waals surface area contributed by atoms with Gasteiger partial charge in [-0.15, -0.1) is 11.3 Å². The van der Waals surface area contributed by atoms with Gasteiger partial charge in [-0.05, 0) is 54.8 Å². The number of carbonyl (C=O) groups is 1. The van der Waals surface area contributed by atoms with E-state index in [9.17, 15) is 14.9 Å². The standard InChI is InChI=1S/C29H24N4O4S2/c30-16-19-2-1-3-24(12-19)37-25-13-21-8-9-22(14-25)32(21)28(34)20-6-4-18(5-7-20)17-38-29-31-26-11-10-23(33(35)36)15-27(26)39-29/h1-7,10-12,15,21-22,25H,8-9,13-14,17H2. The maximum Gasteiger partial charge on any atom is 0.270 e. The van der Waals surface area contributed by atoms with Crippen molar-refractivity contribution in [3.8, 4) is 11.8 Å². The number of thiazole rings is 1. The summed E-state index contributed by atoms with van der Waals surface area (Å²) >= 11 is 3.03. The van der Waals surface area contributed by atoms with Crippen molar-refractivity contribution in [3.63, 3.8) is 0 Å². The van der Waals surface area contributed by atoms with Crippen molar-refractivity contribution in [3.05, 3.63) is 93.5 Å². The van der Waals surface area contributed by atoms with Gasteiger partial charge in [0, 0.05) is 48.4 Å². The average molecular weight is 557 g/mol. The van der Waals surface area contributed by atoms with Gasteiger partial charge in [-0.2, -0.15) is 5.26 Å². The van der Waals surface area contributed by atoms with Gasteiger partial charge in [-0.3, -0.25) is 14.9 Å². The van der Waals surface area contributed by atoms with Crippen LogP contribution < -0.4 is 4.74 Å². The van der Waals surface area contributed by atoms with E-state index in [1.807, 2.05) is 36.4 Å². The molecule has 0 N–H and O–H groups in total. The number of hydrogen-bond donors (Lipinski definition) is 0. The highest BCUT2D eigenvalue weighted by atomic mass is 32.2. The van der Waals surface area contributed by atoms with Gasteiger partial charge < -0.3 is 9.64 Å². The number of nitro groups is 1. The van der Waals surface area contributed by atoms with Crippen LogP contribution in [-0.2, 0) is 5.75 Å². The van der Waals surface area contributed by atoms with E-state index < -0.39 is 4.92 Å². The van der Waals surface area contributed by atoms with E-state index in [0.29, 0.717) is 22.6 Å². The lowest BCUT2D eigenvalue weighted by molar-refractivity contribution is -0.384. The molecule has 2 fully saturated rings. The van der Waals surface area contributed by atoms with E-state index in [2.05, 4.69) is 16.0 Å². The van der Waals surface area contributed by atoms with Gasteiger partial charge >= 0.3 is 0 Å². The van der Waals surface area contributed by atoms with Crippen molar-refractivity contribution in [1.82, 2.24) is 9.88 Å². The molecule has 4 aromatic rings. The number of non-ortho nitro benzene ring substituents is 1. The molecule has 3 heterocycles. The number of piperidine rings is 1. The number of hydrogen-bond acceptors (Lipinski definition) is 8. The number of carbonyl (C=O) groups excluding carboxylic acids is 1. The van der Waals surface area contributed by atoms with Gasteiger partial charge in [0.2, 0.25) is 0 Å². The van der Waals surface area contributed by atoms with Crippen molar-refractivity contribution in [2.75, 3.05) is 0 Å². The van der Waals surface area contributed by atoms with E-state index in [1.165, 1.54) is 17.4 Å². The van der Waals surface area contributed by atoms with Crippen LogP contribution in [0.4, 0.5) is 5.69 Å². The van der Waals surface area contributed by atoms with Gasteiger partial charge in [0.1, 0.15) is 11.9 Å². The van der Waals surface area contributed by atoms with Crippen molar-refractivity contribution in [1.29, 1.82) is 5.26 Å². The van der Waals surface area contributed by atoms with Crippen LogP contribution in [0.5, 0.6) is 5.75 Å². The number of fused-ring (bicyclic) bond motifs is 3. The molecule has 1 amide bonds. The number of thioether (sulfide) groups is 1. The van der Waals surface area contributed by atoms with E-state index in [1.54, 1.807) is 36.0 Å². The summed E-state index contributed by atoms with van der Waals surface area (Å²) in [7, 11) is 0. The van der Waals surface area contributed by atoms with Crippen LogP contribution in [0.3, 0.4) is 0 Å². The van der Waals surface area contributed by atoms with Crippen LogP contribution in [0.25, 0.3) is 10.2 Å². The second-order valence-electron chi connectivity index (χ2n) is 9.82. The lowest BCUT2D eigenvalue weighted by Crippen LogP contribution is -2.49. The fraction of sp³-hybridized carbons (Fsp3) is 0.276.